The molecule has 0 unspecified atom stereocenters. The molecule has 66 heavy (non-hydrogen) atoms. The number of ether oxygens (including phenoxy) is 5. The number of hydrogen-bond donors (Lipinski definition) is 5. The Hall–Kier alpha value is -4.74. The fourth-order valence-electron chi connectivity index (χ4n) is 3.16. The zero-order chi connectivity index (χ0) is 52.3. The van der Waals surface area contributed by atoms with E-state index < -0.39 is 42.1 Å². The van der Waals surface area contributed by atoms with E-state index in [4.69, 9.17) is 4.74 Å². The van der Waals surface area contributed by atoms with Crippen LogP contribution in [0.15, 0.2) is 11.6 Å². The summed E-state index contributed by atoms with van der Waals surface area (Å²) in [5, 5.41) is 14.5. The number of rotatable bonds is 14. The van der Waals surface area contributed by atoms with Crippen molar-refractivity contribution in [2.75, 3.05) is 33.0 Å². The second-order valence-corrected chi connectivity index (χ2v) is 18.4. The molecule has 1 aromatic heterocycles. The summed E-state index contributed by atoms with van der Waals surface area (Å²) in [6.45, 7) is 31.3. The molecule has 1 heterocycles. The van der Waals surface area contributed by atoms with Crippen LogP contribution in [0.3, 0.4) is 0 Å². The average molecular weight is 975 g/mol. The first-order chi connectivity index (χ1) is 30.1. The number of nitrogens with one attached hydrogen (secondary N) is 5. The van der Waals surface area contributed by atoms with Gasteiger partial charge in [0, 0.05) is 48.4 Å². The molecule has 0 spiro atoms. The Morgan fingerprint density at radius 3 is 1.33 bits per heavy atom. The third-order valence-electron chi connectivity index (χ3n) is 6.05. The average Bonchev–Trinajstić information content (AvgIpc) is 3.64. The molecule has 1 aromatic rings. The molecule has 1 saturated carbocycles. The Morgan fingerprint density at radius 1 is 0.652 bits per heavy atom. The Labute approximate surface area is 396 Å². The van der Waals surface area contributed by atoms with Gasteiger partial charge >= 0.3 is 30.5 Å². The number of nitrogens with zero attached hydrogens (tertiary/aromatic N) is 1. The van der Waals surface area contributed by atoms with Crippen LogP contribution in [0.25, 0.3) is 0 Å². The van der Waals surface area contributed by atoms with Crippen LogP contribution < -0.4 is 26.6 Å². The molecule has 1 fully saturated rings. The maximum absolute atomic E-state index is 12.9. The first-order valence-corrected chi connectivity index (χ1v) is 22.8. The predicted octanol–water partition coefficient (Wildman–Crippen LogP) is 10.3. The highest BCUT2D eigenvalue weighted by Crippen LogP contribution is 2.39. The van der Waals surface area contributed by atoms with Crippen molar-refractivity contribution >= 4 is 42.0 Å². The van der Waals surface area contributed by atoms with Gasteiger partial charge in [-0.1, -0.05) is 39.5 Å². The summed E-state index contributed by atoms with van der Waals surface area (Å²) in [6, 6.07) is 0.245. The summed E-state index contributed by atoms with van der Waals surface area (Å²) in [6.07, 6.45) is 0.238. The first kappa shape index (κ1) is 67.8. The fourth-order valence-corrected chi connectivity index (χ4v) is 3.63. The maximum Gasteiger partial charge on any atom is 0.407 e. The zero-order valence-corrected chi connectivity index (χ0v) is 43.4. The van der Waals surface area contributed by atoms with Crippen LogP contribution in [0.5, 0.6) is 0 Å². The second kappa shape index (κ2) is 37.4. The summed E-state index contributed by atoms with van der Waals surface area (Å²) in [5.74, 6) is 3.96. The summed E-state index contributed by atoms with van der Waals surface area (Å²) in [5.41, 5.74) is -1.65. The number of alkyl carbamates (subject to hydrolysis) is 5. The van der Waals surface area contributed by atoms with E-state index in [-0.39, 0.29) is 55.6 Å². The molecule has 21 heteroatoms. The Bertz CT molecular complexity index is 1430. The quantitative estimate of drug-likeness (QED) is 0.0674. The maximum atomic E-state index is 12.9. The van der Waals surface area contributed by atoms with Crippen LogP contribution in [-0.2, 0) is 23.7 Å². The number of halogens is 4. The van der Waals surface area contributed by atoms with Crippen molar-refractivity contribution in [3.05, 3.63) is 17.1 Å². The van der Waals surface area contributed by atoms with Gasteiger partial charge in [-0.25, -0.2) is 41.5 Å². The van der Waals surface area contributed by atoms with Gasteiger partial charge in [-0.15, -0.1) is 0 Å². The highest BCUT2D eigenvalue weighted by atomic mass is 32.1. The molecule has 1 aliphatic carbocycles. The molecule has 1 aliphatic rings. The largest absolute Gasteiger partial charge is 0.450 e. The first-order valence-electron chi connectivity index (χ1n) is 21.9. The lowest BCUT2D eigenvalue weighted by atomic mass is 10.2. The van der Waals surface area contributed by atoms with E-state index in [9.17, 15) is 41.5 Å². The SMILES string of the molecule is CC(C)C#Cc1cnsc1.CC(C)COC(=O)NC(C)C.CC(C)NC(=O)OCC(C)(C)F.CC(C)NC(=O)OCC(C)(F)F.CC(C)NC(=O)OCC1(F)CC1.CCOC(=O)NC(C)C. The Morgan fingerprint density at radius 2 is 1.03 bits per heavy atom. The number of carbonyl (C=O) groups is 5. The van der Waals surface area contributed by atoms with Crippen LogP contribution in [0, 0.1) is 23.7 Å². The van der Waals surface area contributed by atoms with Crippen molar-refractivity contribution < 1.29 is 65.2 Å². The minimum absolute atomic E-state index is 0.0141. The van der Waals surface area contributed by atoms with E-state index in [0.717, 1.165) is 5.56 Å². The molecule has 0 aromatic carbocycles. The molecule has 5 N–H and O–H groups in total. The van der Waals surface area contributed by atoms with Crippen LogP contribution in [0.4, 0.5) is 41.5 Å². The molecule has 16 nitrogen and oxygen atoms in total. The van der Waals surface area contributed by atoms with Crippen LogP contribution in [0.1, 0.15) is 143 Å². The van der Waals surface area contributed by atoms with Crippen molar-refractivity contribution in [1.29, 1.82) is 0 Å². The lowest BCUT2D eigenvalue weighted by molar-refractivity contribution is -0.0388. The van der Waals surface area contributed by atoms with Crippen molar-refractivity contribution in [3.63, 3.8) is 0 Å². The van der Waals surface area contributed by atoms with Gasteiger partial charge in [-0.3, -0.25) is 0 Å². The molecule has 2 rings (SSSR count). The highest BCUT2D eigenvalue weighted by molar-refractivity contribution is 7.03. The number of amides is 5. The third kappa shape index (κ3) is 59.3. The van der Waals surface area contributed by atoms with Crippen molar-refractivity contribution in [3.8, 4) is 11.8 Å². The van der Waals surface area contributed by atoms with E-state index in [1.807, 2.05) is 74.6 Å². The zero-order valence-electron chi connectivity index (χ0n) is 42.6. The number of hydrogen-bond acceptors (Lipinski definition) is 12. The molecule has 0 atom stereocenters. The Kier molecular flexibility index (Phi) is 38.4. The van der Waals surface area contributed by atoms with Crippen LogP contribution >= 0.6 is 11.5 Å². The van der Waals surface area contributed by atoms with Gasteiger partial charge in [0.05, 0.1) is 25.0 Å². The summed E-state index contributed by atoms with van der Waals surface area (Å²) in [4.78, 5) is 53.6. The predicted molar refractivity (Wildman–Crippen MR) is 251 cm³/mol. The van der Waals surface area contributed by atoms with Gasteiger partial charge in [0.1, 0.15) is 24.6 Å². The minimum atomic E-state index is -2.96. The van der Waals surface area contributed by atoms with Gasteiger partial charge in [-0.2, -0.15) is 4.37 Å². The second-order valence-electron chi connectivity index (χ2n) is 17.7. The van der Waals surface area contributed by atoms with Crippen LogP contribution in [-0.4, -0.2) is 115 Å². The number of carbonyl (C=O) groups excluding carboxylic acids is 5. The molecule has 386 valence electrons. The van der Waals surface area contributed by atoms with Crippen molar-refractivity contribution in [1.82, 2.24) is 31.0 Å². The molecule has 0 saturated heterocycles. The summed E-state index contributed by atoms with van der Waals surface area (Å²) in [7, 11) is 0. The van der Waals surface area contributed by atoms with E-state index in [1.165, 1.54) is 25.4 Å². The standard InChI is InChI=1S/C8H14FNO2.C8H16FNO2.C8H17NO2.C8H9NS.C7H13F2NO2.C6H13NO2/c1-6(2)10-7(11)12-5-8(9)3-4-8;1-6(2)10-7(11)12-5-8(3,4)9;1-6(2)5-11-8(10)9-7(3)4;1-7(2)3-4-8-5-9-10-6-8;1-5(2)10-6(11)12-4-7(3,8)9;1-4-9-6(8)7-5(2)3/h6H,3-5H2,1-2H3,(H,10,11);6H,5H2,1-4H3,(H,10,11);6-7H,5H2,1-4H3,(H,9,10);5-7H,1-2H3;5H,4H2,1-3H3,(H,10,11);5H,4H2,1-3H3,(H,7,8). The fraction of sp³-hybridized carbons (Fsp3) is 0.778. The summed E-state index contributed by atoms with van der Waals surface area (Å²) >= 11 is 1.44. The lowest BCUT2D eigenvalue weighted by Crippen LogP contribution is -2.34. The lowest BCUT2D eigenvalue weighted by Gasteiger charge is -2.15. The summed E-state index contributed by atoms with van der Waals surface area (Å²) < 4.78 is 76.8. The minimum Gasteiger partial charge on any atom is -0.450 e. The number of alkyl halides is 4. The van der Waals surface area contributed by atoms with Gasteiger partial charge in [0.15, 0.2) is 6.61 Å². The smallest absolute Gasteiger partial charge is 0.407 e. The van der Waals surface area contributed by atoms with Crippen molar-refractivity contribution in [2.24, 2.45) is 11.8 Å². The van der Waals surface area contributed by atoms with E-state index in [1.54, 1.807) is 27.0 Å². The van der Waals surface area contributed by atoms with Gasteiger partial charge in [0.2, 0.25) is 0 Å². The van der Waals surface area contributed by atoms with Gasteiger partial charge < -0.3 is 50.3 Å². The Balaban J connectivity index is -0.000000350. The topological polar surface area (TPSA) is 205 Å². The van der Waals surface area contributed by atoms with Crippen LogP contribution in [0.2, 0.25) is 0 Å². The van der Waals surface area contributed by atoms with Gasteiger partial charge in [0.25, 0.3) is 5.92 Å². The van der Waals surface area contributed by atoms with E-state index in [0.29, 0.717) is 44.8 Å². The normalized spacial score (nSPS) is 12.0. The molecule has 0 bridgehead atoms. The monoisotopic (exact) mass is 975 g/mol. The number of aromatic nitrogens is 1. The molecular weight excluding hydrogens is 893 g/mol. The molecular formula is C45H82F4N6O10S. The molecule has 0 aliphatic heterocycles. The molecule has 0 radical (unpaired) electrons. The highest BCUT2D eigenvalue weighted by Gasteiger charge is 2.44. The third-order valence-corrected chi connectivity index (χ3v) is 6.64. The van der Waals surface area contributed by atoms with E-state index >= 15 is 0 Å². The van der Waals surface area contributed by atoms with Gasteiger partial charge in [-0.05, 0) is 120 Å². The molecule has 5 amide bonds. The van der Waals surface area contributed by atoms with Crippen molar-refractivity contribution in [2.45, 2.75) is 185 Å². The van der Waals surface area contributed by atoms with E-state index in [2.05, 4.69) is 75.6 Å².